The van der Waals surface area contributed by atoms with Crippen LogP contribution in [0.25, 0.3) is 38.7 Å². The topological polar surface area (TPSA) is 47.9 Å². The summed E-state index contributed by atoms with van der Waals surface area (Å²) in [4.78, 5) is 0. The predicted octanol–water partition coefficient (Wildman–Crippen LogP) is 8.42. The Hall–Kier alpha value is -5.06. The van der Waals surface area contributed by atoms with Gasteiger partial charge in [-0.2, -0.15) is 0 Å². The molecule has 204 valence electrons. The van der Waals surface area contributed by atoms with E-state index in [2.05, 4.69) is 54.6 Å². The van der Waals surface area contributed by atoms with Gasteiger partial charge in [-0.25, -0.2) is 0 Å². The van der Waals surface area contributed by atoms with Gasteiger partial charge in [0.05, 0.1) is 14.2 Å². The number of hydrogen-bond acceptors (Lipinski definition) is 4. The summed E-state index contributed by atoms with van der Waals surface area (Å²) in [6.45, 7) is 0. The van der Waals surface area contributed by atoms with E-state index in [0.717, 1.165) is 77.7 Å². The molecule has 0 radical (unpaired) electrons. The number of aliphatic hydroxyl groups excluding tert-OH is 1. The number of methoxy groups -OCH3 is 2. The number of ether oxygens (including phenoxy) is 3. The van der Waals surface area contributed by atoms with Gasteiger partial charge in [-0.15, -0.1) is 0 Å². The normalized spacial score (nSPS) is 18.3. The van der Waals surface area contributed by atoms with E-state index in [-0.39, 0.29) is 0 Å². The van der Waals surface area contributed by atoms with E-state index in [1.165, 1.54) is 0 Å². The standard InChI is InChI=1S/C38H28O4/c1-40-26-15-13-25(14-16-26)38(24-9-4-3-5-10-24)21-20-31-35-33(29-19-17-27(41-2)22-32(29)37(31)42-38)30-18-12-23-8-6-7-11-28(23)34(30)36(35)39/h3-22,36,39H,1-2H3. The molecule has 42 heavy (non-hydrogen) atoms. The van der Waals surface area contributed by atoms with Gasteiger partial charge in [0.2, 0.25) is 0 Å². The maximum atomic E-state index is 12.0. The summed E-state index contributed by atoms with van der Waals surface area (Å²) in [6, 6.07) is 36.9. The molecule has 1 heterocycles. The maximum Gasteiger partial charge on any atom is 0.178 e. The van der Waals surface area contributed by atoms with Crippen LogP contribution in [0.5, 0.6) is 17.2 Å². The van der Waals surface area contributed by atoms with Gasteiger partial charge in [0.15, 0.2) is 5.60 Å². The molecule has 1 N–H and O–H groups in total. The number of benzene rings is 6. The van der Waals surface area contributed by atoms with Crippen molar-refractivity contribution in [1.29, 1.82) is 0 Å². The second kappa shape index (κ2) is 9.23. The zero-order valence-electron chi connectivity index (χ0n) is 23.3. The van der Waals surface area contributed by atoms with Crippen molar-refractivity contribution in [3.05, 3.63) is 143 Å². The molecule has 0 fully saturated rings. The van der Waals surface area contributed by atoms with Crippen LogP contribution in [-0.2, 0) is 5.60 Å². The molecule has 2 aliphatic rings. The molecule has 0 bridgehead atoms. The Labute approximate surface area is 244 Å². The third-order valence-corrected chi connectivity index (χ3v) is 8.80. The molecule has 6 aromatic carbocycles. The van der Waals surface area contributed by atoms with Gasteiger partial charge in [-0.05, 0) is 63.7 Å². The van der Waals surface area contributed by atoms with Crippen LogP contribution in [0.15, 0.2) is 115 Å². The third-order valence-electron chi connectivity index (χ3n) is 8.80. The summed E-state index contributed by atoms with van der Waals surface area (Å²) in [6.07, 6.45) is 3.46. The maximum absolute atomic E-state index is 12.0. The Morgan fingerprint density at radius 1 is 0.667 bits per heavy atom. The van der Waals surface area contributed by atoms with Gasteiger partial charge in [-0.1, -0.05) is 84.9 Å². The van der Waals surface area contributed by atoms with E-state index in [4.69, 9.17) is 14.2 Å². The van der Waals surface area contributed by atoms with Crippen LogP contribution < -0.4 is 14.2 Å². The molecule has 0 amide bonds. The second-order valence-electron chi connectivity index (χ2n) is 10.9. The van der Waals surface area contributed by atoms with E-state index >= 15 is 0 Å². The fourth-order valence-corrected chi connectivity index (χ4v) is 6.80. The minimum Gasteiger partial charge on any atom is -0.497 e. The van der Waals surface area contributed by atoms with Crippen molar-refractivity contribution in [3.8, 4) is 28.4 Å². The van der Waals surface area contributed by atoms with Crippen LogP contribution in [0.4, 0.5) is 0 Å². The summed E-state index contributed by atoms with van der Waals surface area (Å²) in [7, 11) is 3.35. The molecule has 2 unspecified atom stereocenters. The highest BCUT2D eigenvalue weighted by molar-refractivity contribution is 6.10. The van der Waals surface area contributed by atoms with E-state index in [9.17, 15) is 5.11 Å². The Morgan fingerprint density at radius 2 is 1.38 bits per heavy atom. The Kier molecular flexibility index (Phi) is 5.43. The fraction of sp³-hybridized carbons (Fsp3) is 0.105. The summed E-state index contributed by atoms with van der Waals surface area (Å²) in [5.41, 5.74) is 5.89. The molecule has 0 saturated carbocycles. The molecule has 4 nitrogen and oxygen atoms in total. The molecule has 0 saturated heterocycles. The second-order valence-corrected chi connectivity index (χ2v) is 10.9. The SMILES string of the molecule is COc1ccc(C2(c3ccccc3)C=Cc3c4c(c5ccc(OC)cc5c3O2)-c2ccc3ccccc3c2C4O)cc1. The van der Waals surface area contributed by atoms with E-state index in [0.29, 0.717) is 0 Å². The largest absolute Gasteiger partial charge is 0.497 e. The zero-order chi connectivity index (χ0) is 28.4. The van der Waals surface area contributed by atoms with E-state index in [1.807, 2.05) is 66.7 Å². The summed E-state index contributed by atoms with van der Waals surface area (Å²) in [5, 5.41) is 16.2. The van der Waals surface area contributed by atoms with Crippen molar-refractivity contribution in [2.75, 3.05) is 14.2 Å². The lowest BCUT2D eigenvalue weighted by Crippen LogP contribution is -2.34. The smallest absolute Gasteiger partial charge is 0.178 e. The number of fused-ring (bicyclic) bond motifs is 10. The van der Waals surface area contributed by atoms with Crippen LogP contribution in [0.1, 0.15) is 33.9 Å². The molecule has 2 atom stereocenters. The molecule has 4 heteroatoms. The molecule has 6 aromatic rings. The highest BCUT2D eigenvalue weighted by Gasteiger charge is 2.41. The first kappa shape index (κ1) is 24.7. The van der Waals surface area contributed by atoms with Gasteiger partial charge in [0, 0.05) is 33.2 Å². The summed E-state index contributed by atoms with van der Waals surface area (Å²) >= 11 is 0. The van der Waals surface area contributed by atoms with Crippen molar-refractivity contribution in [2.45, 2.75) is 11.7 Å². The lowest BCUT2D eigenvalue weighted by molar-refractivity contribution is 0.162. The molecular formula is C38H28O4. The first-order valence-corrected chi connectivity index (χ1v) is 14.1. The molecule has 0 spiro atoms. The van der Waals surface area contributed by atoms with Crippen molar-refractivity contribution < 1.29 is 19.3 Å². The third kappa shape index (κ3) is 3.39. The van der Waals surface area contributed by atoms with E-state index < -0.39 is 11.7 Å². The Bertz CT molecular complexity index is 2040. The minimum atomic E-state index is -0.895. The summed E-state index contributed by atoms with van der Waals surface area (Å²) < 4.78 is 18.4. The van der Waals surface area contributed by atoms with Gasteiger partial charge < -0.3 is 19.3 Å². The van der Waals surface area contributed by atoms with Crippen molar-refractivity contribution in [2.24, 2.45) is 0 Å². The van der Waals surface area contributed by atoms with E-state index in [1.54, 1.807) is 14.2 Å². The van der Waals surface area contributed by atoms with Gasteiger partial charge in [0.25, 0.3) is 0 Å². The van der Waals surface area contributed by atoms with Crippen molar-refractivity contribution >= 4 is 27.6 Å². The first-order valence-electron chi connectivity index (χ1n) is 14.1. The minimum absolute atomic E-state index is 0.723. The summed E-state index contributed by atoms with van der Waals surface area (Å²) in [5.74, 6) is 2.25. The molecule has 1 aliphatic heterocycles. The molecular weight excluding hydrogens is 520 g/mol. The molecule has 0 aromatic heterocycles. The van der Waals surface area contributed by atoms with Crippen LogP contribution in [0.3, 0.4) is 0 Å². The zero-order valence-corrected chi connectivity index (χ0v) is 23.3. The number of hydrogen-bond donors (Lipinski definition) is 1. The van der Waals surface area contributed by atoms with Crippen LogP contribution in [-0.4, -0.2) is 19.3 Å². The van der Waals surface area contributed by atoms with Crippen molar-refractivity contribution in [3.63, 3.8) is 0 Å². The number of rotatable bonds is 4. The van der Waals surface area contributed by atoms with Gasteiger partial charge >= 0.3 is 0 Å². The average Bonchev–Trinajstić information content (AvgIpc) is 3.37. The quantitative estimate of drug-likeness (QED) is 0.240. The van der Waals surface area contributed by atoms with Crippen LogP contribution in [0.2, 0.25) is 0 Å². The van der Waals surface area contributed by atoms with Crippen molar-refractivity contribution in [1.82, 2.24) is 0 Å². The van der Waals surface area contributed by atoms with Crippen LogP contribution >= 0.6 is 0 Å². The number of aliphatic hydroxyl groups is 1. The van der Waals surface area contributed by atoms with Gasteiger partial charge in [0.1, 0.15) is 23.4 Å². The fourth-order valence-electron chi connectivity index (χ4n) is 6.80. The van der Waals surface area contributed by atoms with Crippen LogP contribution in [0, 0.1) is 0 Å². The first-order chi connectivity index (χ1) is 20.6. The predicted molar refractivity (Wildman–Crippen MR) is 167 cm³/mol. The highest BCUT2D eigenvalue weighted by Crippen LogP contribution is 2.57. The molecule has 1 aliphatic carbocycles. The lowest BCUT2D eigenvalue weighted by atomic mass is 9.81. The highest BCUT2D eigenvalue weighted by atomic mass is 16.5. The monoisotopic (exact) mass is 548 g/mol. The average molecular weight is 549 g/mol. The lowest BCUT2D eigenvalue weighted by Gasteiger charge is -2.37. The van der Waals surface area contributed by atoms with Gasteiger partial charge in [-0.3, -0.25) is 0 Å². The molecule has 8 rings (SSSR count). The Morgan fingerprint density at radius 3 is 2.17 bits per heavy atom. The Balaban J connectivity index is 1.44.